The second kappa shape index (κ2) is 5.91. The SMILES string of the molecule is CCc1ncc(NS(=O)(=O)c2cccc(C(F)(F)F)c2)cn1. The van der Waals surface area contributed by atoms with Crippen LogP contribution in [0, 0.1) is 0 Å². The highest BCUT2D eigenvalue weighted by atomic mass is 32.2. The lowest BCUT2D eigenvalue weighted by Gasteiger charge is -2.10. The van der Waals surface area contributed by atoms with Gasteiger partial charge >= 0.3 is 6.18 Å². The number of halogens is 3. The van der Waals surface area contributed by atoms with Crippen LogP contribution in [0.25, 0.3) is 0 Å². The lowest BCUT2D eigenvalue weighted by Crippen LogP contribution is -2.15. The van der Waals surface area contributed by atoms with Crippen LogP contribution in [0.2, 0.25) is 0 Å². The normalized spacial score (nSPS) is 12.2. The number of alkyl halides is 3. The molecular weight excluding hydrogens is 319 g/mol. The van der Waals surface area contributed by atoms with Crippen LogP contribution in [0.3, 0.4) is 0 Å². The Kier molecular flexibility index (Phi) is 4.36. The predicted molar refractivity (Wildman–Crippen MR) is 73.7 cm³/mol. The molecule has 2 aromatic rings. The highest BCUT2D eigenvalue weighted by molar-refractivity contribution is 7.92. The fourth-order valence-electron chi connectivity index (χ4n) is 1.64. The largest absolute Gasteiger partial charge is 0.416 e. The summed E-state index contributed by atoms with van der Waals surface area (Å²) in [6.45, 7) is 1.84. The van der Waals surface area contributed by atoms with Gasteiger partial charge in [-0.25, -0.2) is 18.4 Å². The molecule has 5 nitrogen and oxygen atoms in total. The summed E-state index contributed by atoms with van der Waals surface area (Å²) in [6, 6.07) is 3.49. The number of sulfonamides is 1. The van der Waals surface area contributed by atoms with Gasteiger partial charge in [-0.05, 0) is 18.2 Å². The maximum Gasteiger partial charge on any atom is 0.416 e. The van der Waals surface area contributed by atoms with Gasteiger partial charge in [0.05, 0.1) is 28.5 Å². The molecule has 0 aliphatic carbocycles. The van der Waals surface area contributed by atoms with Gasteiger partial charge in [-0.1, -0.05) is 13.0 Å². The number of hydrogen-bond donors (Lipinski definition) is 1. The highest BCUT2D eigenvalue weighted by Crippen LogP contribution is 2.30. The van der Waals surface area contributed by atoms with E-state index in [0.717, 1.165) is 18.2 Å². The molecule has 9 heteroatoms. The minimum Gasteiger partial charge on any atom is -0.276 e. The average Bonchev–Trinajstić information content (AvgIpc) is 2.47. The molecule has 0 radical (unpaired) electrons. The highest BCUT2D eigenvalue weighted by Gasteiger charge is 2.31. The van der Waals surface area contributed by atoms with Gasteiger partial charge < -0.3 is 0 Å². The van der Waals surface area contributed by atoms with E-state index in [0.29, 0.717) is 18.3 Å². The number of nitrogens with zero attached hydrogens (tertiary/aromatic N) is 2. The monoisotopic (exact) mass is 331 g/mol. The summed E-state index contributed by atoms with van der Waals surface area (Å²) in [7, 11) is -4.15. The summed E-state index contributed by atoms with van der Waals surface area (Å²) >= 11 is 0. The Morgan fingerprint density at radius 2 is 1.82 bits per heavy atom. The molecule has 0 saturated heterocycles. The molecule has 22 heavy (non-hydrogen) atoms. The quantitative estimate of drug-likeness (QED) is 0.935. The molecular formula is C13H12F3N3O2S. The molecule has 118 valence electrons. The fourth-order valence-corrected chi connectivity index (χ4v) is 2.72. The summed E-state index contributed by atoms with van der Waals surface area (Å²) in [4.78, 5) is 7.34. The van der Waals surface area contributed by atoms with Crippen LogP contribution in [0.15, 0.2) is 41.6 Å². The third kappa shape index (κ3) is 3.73. The number of hydrogen-bond acceptors (Lipinski definition) is 4. The molecule has 2 rings (SSSR count). The molecule has 0 bridgehead atoms. The molecule has 0 spiro atoms. The van der Waals surface area contributed by atoms with Crippen molar-refractivity contribution in [3.05, 3.63) is 48.0 Å². The number of nitrogens with one attached hydrogen (secondary N) is 1. The van der Waals surface area contributed by atoms with Crippen molar-refractivity contribution in [3.63, 3.8) is 0 Å². The van der Waals surface area contributed by atoms with E-state index in [9.17, 15) is 21.6 Å². The Balaban J connectivity index is 2.30. The van der Waals surface area contributed by atoms with Crippen LogP contribution in [0.1, 0.15) is 18.3 Å². The van der Waals surface area contributed by atoms with Crippen molar-refractivity contribution in [2.24, 2.45) is 0 Å². The van der Waals surface area contributed by atoms with Crippen molar-refractivity contribution in [2.45, 2.75) is 24.4 Å². The molecule has 0 amide bonds. The van der Waals surface area contributed by atoms with Crippen molar-refractivity contribution < 1.29 is 21.6 Å². The number of rotatable bonds is 4. The van der Waals surface area contributed by atoms with Crippen LogP contribution >= 0.6 is 0 Å². The molecule has 0 fully saturated rings. The first-order valence-corrected chi connectivity index (χ1v) is 7.71. The standard InChI is InChI=1S/C13H12F3N3O2S/c1-2-12-17-7-10(8-18-12)19-22(20,21)11-5-3-4-9(6-11)13(14,15)16/h3-8,19H,2H2,1H3. The number of aromatic nitrogens is 2. The van der Waals surface area contributed by atoms with E-state index >= 15 is 0 Å². The Hall–Kier alpha value is -2.16. The maximum atomic E-state index is 12.6. The molecule has 1 N–H and O–H groups in total. The van der Waals surface area contributed by atoms with Crippen molar-refractivity contribution in [2.75, 3.05) is 4.72 Å². The summed E-state index contributed by atoms with van der Waals surface area (Å²) in [5.74, 6) is 0.530. The van der Waals surface area contributed by atoms with Crippen molar-refractivity contribution in [1.29, 1.82) is 0 Å². The van der Waals surface area contributed by atoms with Crippen molar-refractivity contribution >= 4 is 15.7 Å². The van der Waals surface area contributed by atoms with Crippen LogP contribution in [0.4, 0.5) is 18.9 Å². The van der Waals surface area contributed by atoms with Crippen LogP contribution in [-0.2, 0) is 22.6 Å². The van der Waals surface area contributed by atoms with Gasteiger partial charge in [0.2, 0.25) is 0 Å². The lowest BCUT2D eigenvalue weighted by molar-refractivity contribution is -0.137. The van der Waals surface area contributed by atoms with E-state index in [-0.39, 0.29) is 5.69 Å². The van der Waals surface area contributed by atoms with Gasteiger partial charge in [-0.2, -0.15) is 13.2 Å². The van der Waals surface area contributed by atoms with Gasteiger partial charge in [0, 0.05) is 6.42 Å². The van der Waals surface area contributed by atoms with E-state index in [1.807, 2.05) is 6.92 Å². The minimum atomic E-state index is -4.61. The van der Waals surface area contributed by atoms with Crippen LogP contribution < -0.4 is 4.72 Å². The van der Waals surface area contributed by atoms with Crippen molar-refractivity contribution in [3.8, 4) is 0 Å². The Labute approximate surface area is 125 Å². The summed E-state index contributed by atoms with van der Waals surface area (Å²) in [5, 5.41) is 0. The summed E-state index contributed by atoms with van der Waals surface area (Å²) in [6.07, 6.45) is -1.51. The van der Waals surface area contributed by atoms with Gasteiger partial charge in [0.1, 0.15) is 5.82 Å². The second-order valence-electron chi connectivity index (χ2n) is 4.37. The smallest absolute Gasteiger partial charge is 0.276 e. The zero-order valence-electron chi connectivity index (χ0n) is 11.4. The van der Waals surface area contributed by atoms with E-state index in [1.54, 1.807) is 0 Å². The first-order chi connectivity index (χ1) is 10.2. The molecule has 0 saturated carbocycles. The molecule has 0 aliphatic heterocycles. The van der Waals surface area contributed by atoms with Gasteiger partial charge in [-0.3, -0.25) is 4.72 Å². The van der Waals surface area contributed by atoms with Crippen molar-refractivity contribution in [1.82, 2.24) is 9.97 Å². The number of anilines is 1. The fraction of sp³-hybridized carbons (Fsp3) is 0.231. The van der Waals surface area contributed by atoms with E-state index in [1.165, 1.54) is 12.4 Å². The number of benzene rings is 1. The molecule has 0 atom stereocenters. The third-order valence-electron chi connectivity index (χ3n) is 2.75. The lowest BCUT2D eigenvalue weighted by atomic mass is 10.2. The van der Waals surface area contributed by atoms with Gasteiger partial charge in [-0.15, -0.1) is 0 Å². The predicted octanol–water partition coefficient (Wildman–Crippen LogP) is 2.86. The summed E-state index contributed by atoms with van der Waals surface area (Å²) < 4.78 is 64.2. The van der Waals surface area contributed by atoms with Gasteiger partial charge in [0.25, 0.3) is 10.0 Å². The van der Waals surface area contributed by atoms with E-state index < -0.39 is 26.7 Å². The topological polar surface area (TPSA) is 72.0 Å². The second-order valence-corrected chi connectivity index (χ2v) is 6.06. The summed E-state index contributed by atoms with van der Waals surface area (Å²) in [5.41, 5.74) is -0.956. The Morgan fingerprint density at radius 1 is 1.18 bits per heavy atom. The van der Waals surface area contributed by atoms with E-state index in [4.69, 9.17) is 0 Å². The molecule has 0 unspecified atom stereocenters. The van der Waals surface area contributed by atoms with Gasteiger partial charge in [0.15, 0.2) is 0 Å². The zero-order valence-corrected chi connectivity index (χ0v) is 12.2. The van der Waals surface area contributed by atoms with E-state index in [2.05, 4.69) is 14.7 Å². The Bertz CT molecular complexity index is 759. The van der Waals surface area contributed by atoms with Crippen LogP contribution in [-0.4, -0.2) is 18.4 Å². The third-order valence-corrected chi connectivity index (χ3v) is 4.12. The molecule has 1 aromatic carbocycles. The van der Waals surface area contributed by atoms with Crippen LogP contribution in [0.5, 0.6) is 0 Å². The maximum absolute atomic E-state index is 12.6. The average molecular weight is 331 g/mol. The molecule has 1 aromatic heterocycles. The number of aryl methyl sites for hydroxylation is 1. The first kappa shape index (κ1) is 16.2. The molecule has 0 aliphatic rings. The first-order valence-electron chi connectivity index (χ1n) is 6.23. The minimum absolute atomic E-state index is 0.0783. The zero-order chi connectivity index (χ0) is 16.4. The Morgan fingerprint density at radius 3 is 2.36 bits per heavy atom. The molecule has 1 heterocycles.